The predicted molar refractivity (Wildman–Crippen MR) is 74.0 cm³/mol. The number of pyridine rings is 1. The highest BCUT2D eigenvalue weighted by Gasteiger charge is 2.10. The molecule has 3 aromatic heterocycles. The highest BCUT2D eigenvalue weighted by Crippen LogP contribution is 2.06. The van der Waals surface area contributed by atoms with Crippen molar-refractivity contribution in [3.05, 3.63) is 52.2 Å². The summed E-state index contributed by atoms with van der Waals surface area (Å²) in [5.41, 5.74) is 0.534. The Hall–Kier alpha value is -2.35. The minimum atomic E-state index is -0.204. The maximum absolute atomic E-state index is 12.2. The molecule has 0 aromatic carbocycles. The summed E-state index contributed by atoms with van der Waals surface area (Å²) >= 11 is 1.30. The van der Waals surface area contributed by atoms with Gasteiger partial charge in [-0.3, -0.25) is 4.98 Å². The molecule has 0 atom stereocenters. The summed E-state index contributed by atoms with van der Waals surface area (Å²) in [5, 5.41) is 4.89. The number of hydrogen-bond acceptors (Lipinski definition) is 6. The van der Waals surface area contributed by atoms with Gasteiger partial charge in [0.2, 0.25) is 0 Å². The number of aryl methyl sites for hydroxylation is 1. The molecule has 102 valence electrons. The van der Waals surface area contributed by atoms with Gasteiger partial charge in [0.05, 0.1) is 12.2 Å². The molecule has 3 aromatic rings. The Morgan fingerprint density at radius 3 is 2.80 bits per heavy atom. The molecular weight excluding hydrogens is 276 g/mol. The molecule has 3 rings (SSSR count). The van der Waals surface area contributed by atoms with Gasteiger partial charge in [-0.2, -0.15) is 9.47 Å². The van der Waals surface area contributed by atoms with E-state index in [4.69, 9.17) is 0 Å². The van der Waals surface area contributed by atoms with Crippen molar-refractivity contribution < 1.29 is 0 Å². The van der Waals surface area contributed by atoms with E-state index in [0.29, 0.717) is 6.54 Å². The van der Waals surface area contributed by atoms with Gasteiger partial charge in [-0.1, -0.05) is 6.92 Å². The average molecular weight is 288 g/mol. The topological polar surface area (TPSA) is 78.5 Å². The van der Waals surface area contributed by atoms with E-state index in [1.807, 2.05) is 6.92 Å². The summed E-state index contributed by atoms with van der Waals surface area (Å²) in [6.45, 7) is 2.34. The number of rotatable bonds is 4. The van der Waals surface area contributed by atoms with Gasteiger partial charge in [0.15, 0.2) is 0 Å². The quantitative estimate of drug-likeness (QED) is 0.712. The van der Waals surface area contributed by atoms with Crippen LogP contribution in [0.2, 0.25) is 0 Å². The van der Waals surface area contributed by atoms with Gasteiger partial charge in [-0.15, -0.1) is 0 Å². The molecule has 0 saturated heterocycles. The lowest BCUT2D eigenvalue weighted by molar-refractivity contribution is 0.649. The van der Waals surface area contributed by atoms with Crippen LogP contribution in [-0.2, 0) is 13.0 Å². The van der Waals surface area contributed by atoms with Crippen molar-refractivity contribution in [2.75, 3.05) is 0 Å². The third kappa shape index (κ3) is 2.37. The summed E-state index contributed by atoms with van der Waals surface area (Å²) in [6, 6.07) is 3.51. The minimum absolute atomic E-state index is 0.204. The van der Waals surface area contributed by atoms with Crippen molar-refractivity contribution in [1.29, 1.82) is 0 Å². The molecule has 7 nitrogen and oxygen atoms in total. The molecule has 0 amide bonds. The Labute approximate surface area is 118 Å². The molecule has 0 aliphatic rings. The van der Waals surface area contributed by atoms with Crippen LogP contribution in [0.15, 0.2) is 35.6 Å². The van der Waals surface area contributed by atoms with Crippen molar-refractivity contribution in [3.8, 4) is 5.69 Å². The van der Waals surface area contributed by atoms with Gasteiger partial charge >= 0.3 is 5.69 Å². The van der Waals surface area contributed by atoms with Crippen molar-refractivity contribution >= 4 is 11.5 Å². The summed E-state index contributed by atoms with van der Waals surface area (Å²) in [5.74, 6) is 0.798. The summed E-state index contributed by atoms with van der Waals surface area (Å²) in [7, 11) is 0. The second kappa shape index (κ2) is 5.33. The van der Waals surface area contributed by atoms with E-state index in [2.05, 4.69) is 19.4 Å². The van der Waals surface area contributed by atoms with Gasteiger partial charge in [0.1, 0.15) is 17.2 Å². The lowest BCUT2D eigenvalue weighted by Crippen LogP contribution is -2.24. The first-order valence-electron chi connectivity index (χ1n) is 6.14. The molecule has 0 fully saturated rings. The SMILES string of the molecule is CCc1nsc(Cn2ncn(-c3ccncc3)c2=O)n1. The number of aromatic nitrogens is 6. The summed E-state index contributed by atoms with van der Waals surface area (Å²) in [6.07, 6.45) is 5.56. The third-order valence-electron chi connectivity index (χ3n) is 2.79. The fraction of sp³-hybridized carbons (Fsp3) is 0.250. The molecule has 0 aliphatic carbocycles. The molecule has 8 heteroatoms. The van der Waals surface area contributed by atoms with Crippen LogP contribution in [0.3, 0.4) is 0 Å². The van der Waals surface area contributed by atoms with Crippen LogP contribution in [0.1, 0.15) is 17.8 Å². The molecule has 0 spiro atoms. The van der Waals surface area contributed by atoms with E-state index >= 15 is 0 Å². The first-order chi connectivity index (χ1) is 9.78. The minimum Gasteiger partial charge on any atom is -0.265 e. The van der Waals surface area contributed by atoms with Crippen LogP contribution in [0, 0.1) is 0 Å². The van der Waals surface area contributed by atoms with E-state index in [1.165, 1.54) is 27.1 Å². The molecule has 0 unspecified atom stereocenters. The zero-order valence-corrected chi connectivity index (χ0v) is 11.6. The Morgan fingerprint density at radius 1 is 1.30 bits per heavy atom. The normalized spacial score (nSPS) is 10.8. The lowest BCUT2D eigenvalue weighted by atomic mass is 10.4. The van der Waals surface area contributed by atoms with Crippen molar-refractivity contribution in [2.24, 2.45) is 0 Å². The Morgan fingerprint density at radius 2 is 2.10 bits per heavy atom. The number of nitrogens with zero attached hydrogens (tertiary/aromatic N) is 6. The van der Waals surface area contributed by atoms with Crippen LogP contribution < -0.4 is 5.69 Å². The van der Waals surface area contributed by atoms with E-state index in [-0.39, 0.29) is 5.69 Å². The van der Waals surface area contributed by atoms with E-state index in [9.17, 15) is 4.79 Å². The molecule has 0 saturated carbocycles. The maximum atomic E-state index is 12.2. The molecule has 0 bridgehead atoms. The standard InChI is InChI=1S/C12H12N6OS/c1-2-10-15-11(20-16-10)7-18-12(19)17(8-14-18)9-3-5-13-6-4-9/h3-6,8H,2,7H2,1H3. The van der Waals surface area contributed by atoms with Gasteiger partial charge in [0, 0.05) is 18.8 Å². The maximum Gasteiger partial charge on any atom is 0.350 e. The zero-order valence-electron chi connectivity index (χ0n) is 10.8. The molecule has 0 aliphatic heterocycles. The molecular formula is C12H12N6OS. The Bertz CT molecular complexity index is 760. The second-order valence-electron chi connectivity index (χ2n) is 4.10. The smallest absolute Gasteiger partial charge is 0.265 e. The molecule has 0 radical (unpaired) electrons. The van der Waals surface area contributed by atoms with E-state index < -0.39 is 0 Å². The van der Waals surface area contributed by atoms with Crippen molar-refractivity contribution in [2.45, 2.75) is 19.9 Å². The Balaban J connectivity index is 1.89. The molecule has 0 N–H and O–H groups in total. The lowest BCUT2D eigenvalue weighted by Gasteiger charge is -1.98. The molecule has 20 heavy (non-hydrogen) atoms. The van der Waals surface area contributed by atoms with Crippen LogP contribution >= 0.6 is 11.5 Å². The predicted octanol–water partition coefficient (Wildman–Crippen LogP) is 0.891. The van der Waals surface area contributed by atoms with Crippen LogP contribution in [0.4, 0.5) is 0 Å². The summed E-state index contributed by atoms with van der Waals surface area (Å²) in [4.78, 5) is 20.5. The highest BCUT2D eigenvalue weighted by molar-refractivity contribution is 7.05. The number of hydrogen-bond donors (Lipinski definition) is 0. The second-order valence-corrected chi connectivity index (χ2v) is 4.94. The van der Waals surface area contributed by atoms with Crippen LogP contribution in [-0.4, -0.2) is 28.7 Å². The van der Waals surface area contributed by atoms with Crippen molar-refractivity contribution in [3.63, 3.8) is 0 Å². The Kier molecular flexibility index (Phi) is 3.38. The average Bonchev–Trinajstić information content (AvgIpc) is 3.08. The largest absolute Gasteiger partial charge is 0.350 e. The first-order valence-corrected chi connectivity index (χ1v) is 6.91. The van der Waals surface area contributed by atoms with E-state index in [1.54, 1.807) is 24.5 Å². The van der Waals surface area contributed by atoms with Gasteiger partial charge in [-0.05, 0) is 23.7 Å². The van der Waals surface area contributed by atoms with Crippen molar-refractivity contribution in [1.82, 2.24) is 28.7 Å². The van der Waals surface area contributed by atoms with Gasteiger partial charge in [-0.25, -0.2) is 19.0 Å². The third-order valence-corrected chi connectivity index (χ3v) is 3.52. The van der Waals surface area contributed by atoms with Crippen LogP contribution in [0.25, 0.3) is 5.69 Å². The zero-order chi connectivity index (χ0) is 13.9. The van der Waals surface area contributed by atoms with Gasteiger partial charge < -0.3 is 0 Å². The molecule has 3 heterocycles. The summed E-state index contributed by atoms with van der Waals surface area (Å²) < 4.78 is 7.05. The monoisotopic (exact) mass is 288 g/mol. The van der Waals surface area contributed by atoms with E-state index in [0.717, 1.165) is 22.9 Å². The fourth-order valence-electron chi connectivity index (χ4n) is 1.75. The van der Waals surface area contributed by atoms with Gasteiger partial charge in [0.25, 0.3) is 0 Å². The van der Waals surface area contributed by atoms with Crippen LogP contribution in [0.5, 0.6) is 0 Å². The highest BCUT2D eigenvalue weighted by atomic mass is 32.1. The fourth-order valence-corrected chi connectivity index (χ4v) is 2.46. The first kappa shape index (κ1) is 12.7.